The molecule has 0 bridgehead atoms. The van der Waals surface area contributed by atoms with E-state index in [9.17, 15) is 0 Å². The number of nitrogens with zero attached hydrogens (tertiary/aromatic N) is 1. The van der Waals surface area contributed by atoms with E-state index < -0.39 is 0 Å². The minimum Gasteiger partial charge on any atom is -0.328 e. The van der Waals surface area contributed by atoms with Crippen molar-refractivity contribution in [3.05, 3.63) is 0 Å². The van der Waals surface area contributed by atoms with Crippen molar-refractivity contribution in [2.45, 2.75) is 57.5 Å². The lowest BCUT2D eigenvalue weighted by molar-refractivity contribution is 0.181. The van der Waals surface area contributed by atoms with Crippen LogP contribution < -0.4 is 5.73 Å². The van der Waals surface area contributed by atoms with Crippen LogP contribution in [-0.4, -0.2) is 30.6 Å². The average molecular weight is 184 g/mol. The molecule has 0 aromatic heterocycles. The fourth-order valence-electron chi connectivity index (χ4n) is 2.13. The first-order valence-corrected chi connectivity index (χ1v) is 5.70. The normalized spacial score (nSPS) is 29.5. The molecule has 0 atom stereocenters. The quantitative estimate of drug-likeness (QED) is 0.724. The SMILES string of the molecule is CCCCN(C)C1CCC(N)CC1. The molecule has 0 unspecified atom stereocenters. The highest BCUT2D eigenvalue weighted by molar-refractivity contribution is 4.79. The van der Waals surface area contributed by atoms with Gasteiger partial charge in [-0.15, -0.1) is 0 Å². The lowest BCUT2D eigenvalue weighted by atomic mass is 9.91. The summed E-state index contributed by atoms with van der Waals surface area (Å²) in [6.45, 7) is 3.51. The Kier molecular flexibility index (Phi) is 4.74. The van der Waals surface area contributed by atoms with Crippen molar-refractivity contribution in [2.75, 3.05) is 13.6 Å². The van der Waals surface area contributed by atoms with E-state index in [1.54, 1.807) is 0 Å². The summed E-state index contributed by atoms with van der Waals surface area (Å²) in [7, 11) is 2.26. The van der Waals surface area contributed by atoms with Gasteiger partial charge in [0.05, 0.1) is 0 Å². The summed E-state index contributed by atoms with van der Waals surface area (Å²) in [4.78, 5) is 2.52. The van der Waals surface area contributed by atoms with Gasteiger partial charge in [-0.25, -0.2) is 0 Å². The van der Waals surface area contributed by atoms with E-state index in [0.717, 1.165) is 6.04 Å². The van der Waals surface area contributed by atoms with E-state index in [0.29, 0.717) is 6.04 Å². The summed E-state index contributed by atoms with van der Waals surface area (Å²) in [5.41, 5.74) is 5.88. The van der Waals surface area contributed by atoms with Gasteiger partial charge in [0.1, 0.15) is 0 Å². The molecule has 78 valence electrons. The molecule has 0 aromatic rings. The lowest BCUT2D eigenvalue weighted by Crippen LogP contribution is -2.39. The van der Waals surface area contributed by atoms with E-state index in [1.807, 2.05) is 0 Å². The van der Waals surface area contributed by atoms with Crippen LogP contribution in [0.1, 0.15) is 45.4 Å². The molecule has 1 fully saturated rings. The molecule has 0 spiro atoms. The predicted molar refractivity (Wildman–Crippen MR) is 57.8 cm³/mol. The second kappa shape index (κ2) is 5.61. The van der Waals surface area contributed by atoms with E-state index in [4.69, 9.17) is 5.73 Å². The minimum atomic E-state index is 0.482. The lowest BCUT2D eigenvalue weighted by Gasteiger charge is -2.33. The molecular formula is C11H24N2. The third-order valence-electron chi connectivity index (χ3n) is 3.23. The van der Waals surface area contributed by atoms with Crippen LogP contribution in [0.15, 0.2) is 0 Å². The van der Waals surface area contributed by atoms with Crippen molar-refractivity contribution in [2.24, 2.45) is 5.73 Å². The second-order valence-corrected chi connectivity index (χ2v) is 4.40. The number of hydrogen-bond donors (Lipinski definition) is 1. The van der Waals surface area contributed by atoms with Gasteiger partial charge in [0, 0.05) is 12.1 Å². The zero-order valence-corrected chi connectivity index (χ0v) is 9.13. The highest BCUT2D eigenvalue weighted by atomic mass is 15.1. The van der Waals surface area contributed by atoms with Crippen LogP contribution in [-0.2, 0) is 0 Å². The van der Waals surface area contributed by atoms with Gasteiger partial charge < -0.3 is 10.6 Å². The Morgan fingerprint density at radius 2 is 1.85 bits per heavy atom. The van der Waals surface area contributed by atoms with Gasteiger partial charge in [0.2, 0.25) is 0 Å². The Morgan fingerprint density at radius 1 is 1.23 bits per heavy atom. The average Bonchev–Trinajstić information content (AvgIpc) is 2.15. The molecule has 0 aromatic carbocycles. The first-order valence-electron chi connectivity index (χ1n) is 5.70. The molecule has 2 heteroatoms. The number of unbranched alkanes of at least 4 members (excludes halogenated alkanes) is 1. The van der Waals surface area contributed by atoms with Crippen LogP contribution in [0.2, 0.25) is 0 Å². The zero-order chi connectivity index (χ0) is 9.68. The molecule has 2 nitrogen and oxygen atoms in total. The van der Waals surface area contributed by atoms with Crippen molar-refractivity contribution < 1.29 is 0 Å². The monoisotopic (exact) mass is 184 g/mol. The van der Waals surface area contributed by atoms with E-state index >= 15 is 0 Å². The van der Waals surface area contributed by atoms with Crippen LogP contribution >= 0.6 is 0 Å². The molecule has 0 amide bonds. The fraction of sp³-hybridized carbons (Fsp3) is 1.00. The molecular weight excluding hydrogens is 160 g/mol. The molecule has 13 heavy (non-hydrogen) atoms. The summed E-state index contributed by atoms with van der Waals surface area (Å²) < 4.78 is 0. The van der Waals surface area contributed by atoms with E-state index in [-0.39, 0.29) is 0 Å². The van der Waals surface area contributed by atoms with Gasteiger partial charge in [-0.05, 0) is 45.7 Å². The summed E-state index contributed by atoms with van der Waals surface area (Å²) >= 11 is 0. The molecule has 0 radical (unpaired) electrons. The van der Waals surface area contributed by atoms with Gasteiger partial charge in [0.25, 0.3) is 0 Å². The van der Waals surface area contributed by atoms with Crippen molar-refractivity contribution in [3.8, 4) is 0 Å². The van der Waals surface area contributed by atoms with Crippen LogP contribution in [0.25, 0.3) is 0 Å². The molecule has 1 aliphatic rings. The minimum absolute atomic E-state index is 0.482. The van der Waals surface area contributed by atoms with Crippen molar-refractivity contribution >= 4 is 0 Å². The first-order chi connectivity index (χ1) is 6.24. The number of nitrogens with two attached hydrogens (primary N) is 1. The molecule has 0 heterocycles. The van der Waals surface area contributed by atoms with Gasteiger partial charge in [0.15, 0.2) is 0 Å². The second-order valence-electron chi connectivity index (χ2n) is 4.40. The van der Waals surface area contributed by atoms with E-state index in [1.165, 1.54) is 45.1 Å². The van der Waals surface area contributed by atoms with Crippen molar-refractivity contribution in [1.29, 1.82) is 0 Å². The van der Waals surface area contributed by atoms with Crippen molar-refractivity contribution in [3.63, 3.8) is 0 Å². The molecule has 0 saturated heterocycles. The summed E-state index contributed by atoms with van der Waals surface area (Å²) in [6, 6.07) is 1.29. The molecule has 2 N–H and O–H groups in total. The number of hydrogen-bond acceptors (Lipinski definition) is 2. The number of rotatable bonds is 4. The van der Waals surface area contributed by atoms with Crippen LogP contribution in [0, 0.1) is 0 Å². The van der Waals surface area contributed by atoms with Gasteiger partial charge >= 0.3 is 0 Å². The Labute approximate surface area is 82.5 Å². The van der Waals surface area contributed by atoms with E-state index in [2.05, 4.69) is 18.9 Å². The highest BCUT2D eigenvalue weighted by Crippen LogP contribution is 2.21. The van der Waals surface area contributed by atoms with Crippen LogP contribution in [0.3, 0.4) is 0 Å². The fourth-order valence-corrected chi connectivity index (χ4v) is 2.13. The van der Waals surface area contributed by atoms with Crippen molar-refractivity contribution in [1.82, 2.24) is 4.90 Å². The predicted octanol–water partition coefficient (Wildman–Crippen LogP) is 1.99. The Hall–Kier alpha value is -0.0800. The van der Waals surface area contributed by atoms with Gasteiger partial charge in [-0.3, -0.25) is 0 Å². The standard InChI is InChI=1S/C11H24N2/c1-3-4-9-13(2)11-7-5-10(12)6-8-11/h10-11H,3-9,12H2,1-2H3. The maximum Gasteiger partial charge on any atom is 0.00933 e. The Bertz CT molecular complexity index is 128. The Balaban J connectivity index is 2.19. The molecule has 1 saturated carbocycles. The highest BCUT2D eigenvalue weighted by Gasteiger charge is 2.21. The maximum atomic E-state index is 5.88. The smallest absolute Gasteiger partial charge is 0.00933 e. The maximum absolute atomic E-state index is 5.88. The van der Waals surface area contributed by atoms with Gasteiger partial charge in [-0.2, -0.15) is 0 Å². The summed E-state index contributed by atoms with van der Waals surface area (Å²) in [6.07, 6.45) is 7.70. The molecule has 1 aliphatic carbocycles. The third-order valence-corrected chi connectivity index (χ3v) is 3.23. The van der Waals surface area contributed by atoms with Crippen LogP contribution in [0.4, 0.5) is 0 Å². The van der Waals surface area contributed by atoms with Crippen LogP contribution in [0.5, 0.6) is 0 Å². The summed E-state index contributed by atoms with van der Waals surface area (Å²) in [5, 5.41) is 0. The Morgan fingerprint density at radius 3 is 2.38 bits per heavy atom. The first kappa shape index (κ1) is 11.0. The summed E-state index contributed by atoms with van der Waals surface area (Å²) in [5.74, 6) is 0. The third kappa shape index (κ3) is 3.65. The largest absolute Gasteiger partial charge is 0.328 e. The topological polar surface area (TPSA) is 29.3 Å². The van der Waals surface area contributed by atoms with Gasteiger partial charge in [-0.1, -0.05) is 13.3 Å². The molecule has 1 rings (SSSR count). The zero-order valence-electron chi connectivity index (χ0n) is 9.13. The molecule has 0 aliphatic heterocycles.